The fourth-order valence-corrected chi connectivity index (χ4v) is 2.09. The highest BCUT2D eigenvalue weighted by Gasteiger charge is 2.21. The van der Waals surface area contributed by atoms with Crippen LogP contribution in [0, 0.1) is 5.92 Å². The van der Waals surface area contributed by atoms with Crippen LogP contribution in [0.25, 0.3) is 0 Å². The van der Waals surface area contributed by atoms with Gasteiger partial charge in [0.15, 0.2) is 0 Å². The first-order valence-electron chi connectivity index (χ1n) is 8.06. The number of amides is 2. The minimum Gasteiger partial charge on any atom is -0.453 e. The zero-order valence-corrected chi connectivity index (χ0v) is 15.3. The molecule has 0 radical (unpaired) electrons. The van der Waals surface area contributed by atoms with E-state index in [0.717, 1.165) is 5.56 Å². The molecule has 2 amide bonds. The van der Waals surface area contributed by atoms with Gasteiger partial charge >= 0.3 is 12.2 Å². The van der Waals surface area contributed by atoms with Crippen molar-refractivity contribution in [3.05, 3.63) is 29.8 Å². The molecule has 0 bridgehead atoms. The predicted octanol–water partition coefficient (Wildman–Crippen LogP) is 3.50. The van der Waals surface area contributed by atoms with E-state index in [1.54, 1.807) is 12.1 Å². The number of carbonyl (C=O) groups excluding carboxylic acids is 2. The number of alkyl carbamates (subject to hydrolysis) is 1. The number of rotatable bonds is 6. The van der Waals surface area contributed by atoms with Gasteiger partial charge in [-0.2, -0.15) is 0 Å². The fraction of sp³-hybridized carbons (Fsp3) is 0.556. The summed E-state index contributed by atoms with van der Waals surface area (Å²) in [5.74, 6) is 0.795. The lowest BCUT2D eigenvalue weighted by atomic mass is 9.95. The number of hydrogen-bond acceptors (Lipinski definition) is 4. The Hall–Kier alpha value is -2.24. The van der Waals surface area contributed by atoms with Gasteiger partial charge in [-0.05, 0) is 50.8 Å². The SMILES string of the molecule is COC(=O)NC(C)(C)Cc1cccc(OC(=O)NC(C)C(C)C)c1. The fourth-order valence-electron chi connectivity index (χ4n) is 2.09. The molecule has 1 rings (SSSR count). The monoisotopic (exact) mass is 336 g/mol. The summed E-state index contributed by atoms with van der Waals surface area (Å²) in [5, 5.41) is 5.57. The van der Waals surface area contributed by atoms with Crippen molar-refractivity contribution in [1.29, 1.82) is 0 Å². The smallest absolute Gasteiger partial charge is 0.412 e. The summed E-state index contributed by atoms with van der Waals surface area (Å²) in [6, 6.07) is 7.29. The number of carbonyl (C=O) groups is 2. The van der Waals surface area contributed by atoms with Gasteiger partial charge in [0.05, 0.1) is 7.11 Å². The lowest BCUT2D eigenvalue weighted by Crippen LogP contribution is -2.45. The van der Waals surface area contributed by atoms with E-state index < -0.39 is 17.7 Å². The number of ether oxygens (including phenoxy) is 2. The van der Waals surface area contributed by atoms with Gasteiger partial charge in [-0.3, -0.25) is 0 Å². The molecule has 1 aromatic rings. The van der Waals surface area contributed by atoms with Gasteiger partial charge < -0.3 is 20.1 Å². The Morgan fingerprint density at radius 2 is 1.83 bits per heavy atom. The molecule has 0 heterocycles. The molecule has 1 unspecified atom stereocenters. The second-order valence-electron chi connectivity index (χ2n) is 6.89. The first kappa shape index (κ1) is 19.8. The number of hydrogen-bond donors (Lipinski definition) is 2. The molecule has 0 fully saturated rings. The van der Waals surface area contributed by atoms with Crippen LogP contribution in [0.4, 0.5) is 9.59 Å². The first-order chi connectivity index (χ1) is 11.1. The van der Waals surface area contributed by atoms with Gasteiger partial charge in [0.25, 0.3) is 0 Å². The van der Waals surface area contributed by atoms with Crippen molar-refractivity contribution in [1.82, 2.24) is 10.6 Å². The van der Waals surface area contributed by atoms with Crippen LogP contribution in [0.5, 0.6) is 5.75 Å². The molecule has 134 valence electrons. The van der Waals surface area contributed by atoms with Crippen LogP contribution < -0.4 is 15.4 Å². The van der Waals surface area contributed by atoms with Gasteiger partial charge in [-0.1, -0.05) is 26.0 Å². The topological polar surface area (TPSA) is 76.7 Å². The van der Waals surface area contributed by atoms with E-state index in [9.17, 15) is 9.59 Å². The summed E-state index contributed by atoms with van der Waals surface area (Å²) in [6.07, 6.45) is -0.377. The van der Waals surface area contributed by atoms with Gasteiger partial charge in [0.2, 0.25) is 0 Å². The Balaban J connectivity index is 2.69. The summed E-state index contributed by atoms with van der Waals surface area (Å²) in [7, 11) is 1.33. The molecule has 1 atom stereocenters. The van der Waals surface area contributed by atoms with Crippen LogP contribution in [0.2, 0.25) is 0 Å². The summed E-state index contributed by atoms with van der Waals surface area (Å²) in [4.78, 5) is 23.3. The van der Waals surface area contributed by atoms with E-state index >= 15 is 0 Å². The largest absolute Gasteiger partial charge is 0.453 e. The Bertz CT molecular complexity index is 570. The van der Waals surface area contributed by atoms with Gasteiger partial charge in [0.1, 0.15) is 5.75 Å². The highest BCUT2D eigenvalue weighted by molar-refractivity contribution is 5.70. The zero-order chi connectivity index (χ0) is 18.3. The zero-order valence-electron chi connectivity index (χ0n) is 15.3. The molecule has 6 nitrogen and oxygen atoms in total. The third kappa shape index (κ3) is 6.89. The molecule has 24 heavy (non-hydrogen) atoms. The van der Waals surface area contributed by atoms with Crippen LogP contribution in [-0.4, -0.2) is 30.9 Å². The summed E-state index contributed by atoms with van der Waals surface area (Å²) in [5.41, 5.74) is 0.457. The summed E-state index contributed by atoms with van der Waals surface area (Å²) < 4.78 is 9.96. The van der Waals surface area contributed by atoms with Gasteiger partial charge in [-0.15, -0.1) is 0 Å². The van der Waals surface area contributed by atoms with Crippen LogP contribution in [-0.2, 0) is 11.2 Å². The average Bonchev–Trinajstić information content (AvgIpc) is 2.45. The molecule has 0 spiro atoms. The summed E-state index contributed by atoms with van der Waals surface area (Å²) in [6.45, 7) is 9.79. The van der Waals surface area contributed by atoms with Crippen molar-refractivity contribution in [2.45, 2.75) is 52.6 Å². The molecule has 0 aromatic heterocycles. The third-order valence-electron chi connectivity index (χ3n) is 3.73. The maximum Gasteiger partial charge on any atom is 0.412 e. The first-order valence-corrected chi connectivity index (χ1v) is 8.06. The predicted molar refractivity (Wildman–Crippen MR) is 93.2 cm³/mol. The Labute approximate surface area is 143 Å². The normalized spacial score (nSPS) is 12.5. The van der Waals surface area contributed by atoms with E-state index in [4.69, 9.17) is 4.74 Å². The van der Waals surface area contributed by atoms with E-state index in [0.29, 0.717) is 18.1 Å². The molecule has 0 aliphatic rings. The molecule has 0 saturated carbocycles. The third-order valence-corrected chi connectivity index (χ3v) is 3.73. The lowest BCUT2D eigenvalue weighted by molar-refractivity contribution is 0.159. The van der Waals surface area contributed by atoms with Crippen molar-refractivity contribution < 1.29 is 19.1 Å². The maximum absolute atomic E-state index is 11.9. The standard InChI is InChI=1S/C18H28N2O4/c1-12(2)13(3)19-16(21)24-15-9-7-8-14(10-15)11-18(4,5)20-17(22)23-6/h7-10,12-13H,11H2,1-6H3,(H,19,21)(H,20,22). The maximum atomic E-state index is 11.9. The van der Waals surface area contributed by atoms with Crippen molar-refractivity contribution >= 4 is 12.2 Å². The molecule has 0 aliphatic carbocycles. The van der Waals surface area contributed by atoms with E-state index in [-0.39, 0.29) is 6.04 Å². The van der Waals surface area contributed by atoms with Gasteiger partial charge in [-0.25, -0.2) is 9.59 Å². The highest BCUT2D eigenvalue weighted by Crippen LogP contribution is 2.19. The van der Waals surface area contributed by atoms with Crippen LogP contribution in [0.1, 0.15) is 40.2 Å². The molecular weight excluding hydrogens is 308 g/mol. The van der Waals surface area contributed by atoms with Crippen molar-refractivity contribution in [2.24, 2.45) is 5.92 Å². The molecule has 0 aliphatic heterocycles. The number of methoxy groups -OCH3 is 1. The molecule has 2 N–H and O–H groups in total. The molecule has 0 saturated heterocycles. The minimum absolute atomic E-state index is 0.0314. The van der Waals surface area contributed by atoms with E-state index in [1.807, 2.05) is 46.8 Å². The second-order valence-corrected chi connectivity index (χ2v) is 6.89. The van der Waals surface area contributed by atoms with E-state index in [2.05, 4.69) is 15.4 Å². The average molecular weight is 336 g/mol. The Kier molecular flexibility index (Phi) is 7.07. The van der Waals surface area contributed by atoms with Crippen molar-refractivity contribution in [3.8, 4) is 5.75 Å². The van der Waals surface area contributed by atoms with Crippen molar-refractivity contribution in [2.75, 3.05) is 7.11 Å². The van der Waals surface area contributed by atoms with Crippen LogP contribution in [0.15, 0.2) is 24.3 Å². The Morgan fingerprint density at radius 1 is 1.17 bits per heavy atom. The van der Waals surface area contributed by atoms with Crippen molar-refractivity contribution in [3.63, 3.8) is 0 Å². The quantitative estimate of drug-likeness (QED) is 0.833. The van der Waals surface area contributed by atoms with Crippen LogP contribution in [0.3, 0.4) is 0 Å². The van der Waals surface area contributed by atoms with Crippen LogP contribution >= 0.6 is 0 Å². The lowest BCUT2D eigenvalue weighted by Gasteiger charge is -2.25. The molecular formula is C18H28N2O4. The highest BCUT2D eigenvalue weighted by atomic mass is 16.6. The number of nitrogens with one attached hydrogen (secondary N) is 2. The van der Waals surface area contributed by atoms with Gasteiger partial charge in [0, 0.05) is 11.6 Å². The Morgan fingerprint density at radius 3 is 2.42 bits per heavy atom. The molecule has 6 heteroatoms. The summed E-state index contributed by atoms with van der Waals surface area (Å²) >= 11 is 0. The second kappa shape index (κ2) is 8.57. The minimum atomic E-state index is -0.486. The van der Waals surface area contributed by atoms with E-state index in [1.165, 1.54) is 7.11 Å². The number of benzene rings is 1. The molecule has 1 aromatic carbocycles.